The zero-order valence-corrected chi connectivity index (χ0v) is 18.5. The molecule has 0 bridgehead atoms. The van der Waals surface area contributed by atoms with Crippen LogP contribution in [0, 0.1) is 0 Å². The Labute approximate surface area is 190 Å². The topological polar surface area (TPSA) is 53.2 Å². The van der Waals surface area contributed by atoms with Crippen LogP contribution in [0.3, 0.4) is 0 Å². The molecule has 0 amide bonds. The van der Waals surface area contributed by atoms with Crippen molar-refractivity contribution in [3.05, 3.63) is 59.4 Å². The first-order valence-electron chi connectivity index (χ1n) is 11.1. The van der Waals surface area contributed by atoms with Crippen LogP contribution < -0.4 is 10.1 Å². The van der Waals surface area contributed by atoms with Gasteiger partial charge in [-0.1, -0.05) is 18.2 Å². The van der Waals surface area contributed by atoms with Crippen molar-refractivity contribution >= 4 is 10.9 Å². The minimum Gasteiger partial charge on any atom is -0.476 e. The first-order chi connectivity index (χ1) is 15.9. The molecule has 5 nitrogen and oxygen atoms in total. The van der Waals surface area contributed by atoms with E-state index >= 15 is 0 Å². The van der Waals surface area contributed by atoms with Crippen molar-refractivity contribution in [3.8, 4) is 5.88 Å². The summed E-state index contributed by atoms with van der Waals surface area (Å²) in [6.45, 7) is 1.87. The minimum absolute atomic E-state index is 0.305. The molecule has 9 heteroatoms. The van der Waals surface area contributed by atoms with Crippen LogP contribution in [0.4, 0.5) is 17.6 Å². The molecule has 4 rings (SSSR count). The number of ether oxygens (including phenoxy) is 1. The number of para-hydroxylation sites is 1. The van der Waals surface area contributed by atoms with Crippen LogP contribution in [-0.4, -0.2) is 60.0 Å². The van der Waals surface area contributed by atoms with E-state index in [0.29, 0.717) is 44.0 Å². The van der Waals surface area contributed by atoms with E-state index in [9.17, 15) is 17.6 Å². The van der Waals surface area contributed by atoms with Crippen LogP contribution in [0.5, 0.6) is 5.88 Å². The summed E-state index contributed by atoms with van der Waals surface area (Å²) in [7, 11) is 0. The quantitative estimate of drug-likeness (QED) is 0.353. The third-order valence-corrected chi connectivity index (χ3v) is 5.97. The number of pyridine rings is 1. The van der Waals surface area contributed by atoms with Gasteiger partial charge < -0.3 is 15.0 Å². The number of halogens is 4. The number of alkyl halides is 4. The van der Waals surface area contributed by atoms with Gasteiger partial charge in [0.2, 0.25) is 5.88 Å². The molecule has 3 heterocycles. The second kappa shape index (κ2) is 10.1. The molecule has 0 spiro atoms. The molecule has 178 valence electrons. The largest absolute Gasteiger partial charge is 0.476 e. The Morgan fingerprint density at radius 1 is 1.21 bits per heavy atom. The highest BCUT2D eigenvalue weighted by atomic mass is 19.4. The molecule has 1 aromatic carbocycles. The maximum atomic E-state index is 13.5. The summed E-state index contributed by atoms with van der Waals surface area (Å²) in [4.78, 5) is 9.10. The third kappa shape index (κ3) is 5.47. The van der Waals surface area contributed by atoms with Crippen molar-refractivity contribution in [2.24, 2.45) is 0 Å². The summed E-state index contributed by atoms with van der Waals surface area (Å²) in [5.74, 6) is 0.350. The van der Waals surface area contributed by atoms with Gasteiger partial charge in [-0.05, 0) is 49.6 Å². The van der Waals surface area contributed by atoms with E-state index in [0.717, 1.165) is 22.2 Å². The SMILES string of the molecule is C[C@@H]1Cc2c([nH]c3ccccc23)C(c2ccnc(OCCNCCCF)c2)N1CC(F)(F)F. The van der Waals surface area contributed by atoms with Gasteiger partial charge in [0, 0.05) is 41.4 Å². The lowest BCUT2D eigenvalue weighted by molar-refractivity contribution is -0.155. The van der Waals surface area contributed by atoms with Gasteiger partial charge in [-0.2, -0.15) is 13.2 Å². The fraction of sp³-hybridized carbons (Fsp3) is 0.458. The molecule has 3 aromatic rings. The normalized spacial score (nSPS) is 19.1. The number of fused-ring (bicyclic) bond motifs is 3. The standard InChI is InChI=1S/C24H28F4N4O/c1-16-13-19-18-5-2-3-6-20(18)31-22(19)23(32(16)15-24(26,27)28)17-7-10-30-21(14-17)33-12-11-29-9-4-8-25/h2-3,5-7,10,14,16,23,29,31H,4,8-9,11-13,15H2,1H3/t16-,23?/m1/s1. The lowest BCUT2D eigenvalue weighted by Gasteiger charge is -2.41. The van der Waals surface area contributed by atoms with Gasteiger partial charge in [-0.15, -0.1) is 0 Å². The molecule has 0 fully saturated rings. The summed E-state index contributed by atoms with van der Waals surface area (Å²) in [6, 6.07) is 10.3. The van der Waals surface area contributed by atoms with E-state index in [2.05, 4.69) is 15.3 Å². The van der Waals surface area contributed by atoms with Crippen molar-refractivity contribution in [2.75, 3.05) is 32.9 Å². The average molecular weight is 465 g/mol. The molecular formula is C24H28F4N4O. The highest BCUT2D eigenvalue weighted by Crippen LogP contribution is 2.42. The average Bonchev–Trinajstić information content (AvgIpc) is 3.14. The van der Waals surface area contributed by atoms with Crippen molar-refractivity contribution < 1.29 is 22.3 Å². The van der Waals surface area contributed by atoms with Gasteiger partial charge in [-0.3, -0.25) is 9.29 Å². The first-order valence-corrected chi connectivity index (χ1v) is 11.1. The Morgan fingerprint density at radius 3 is 2.82 bits per heavy atom. The van der Waals surface area contributed by atoms with Crippen molar-refractivity contribution in [1.82, 2.24) is 20.2 Å². The monoisotopic (exact) mass is 464 g/mol. The number of benzene rings is 1. The van der Waals surface area contributed by atoms with Gasteiger partial charge in [0.05, 0.1) is 19.3 Å². The van der Waals surface area contributed by atoms with Gasteiger partial charge in [0.1, 0.15) is 6.61 Å². The number of hydrogen-bond acceptors (Lipinski definition) is 4. The third-order valence-electron chi connectivity index (χ3n) is 5.97. The summed E-state index contributed by atoms with van der Waals surface area (Å²) in [5, 5.41) is 4.11. The minimum atomic E-state index is -4.33. The summed E-state index contributed by atoms with van der Waals surface area (Å²) >= 11 is 0. The molecule has 0 aliphatic carbocycles. The number of aromatic amines is 1. The summed E-state index contributed by atoms with van der Waals surface area (Å²) in [5.41, 5.74) is 3.44. The predicted octanol–water partition coefficient (Wildman–Crippen LogP) is 4.79. The number of aromatic nitrogens is 2. The van der Waals surface area contributed by atoms with Crippen LogP contribution in [-0.2, 0) is 6.42 Å². The fourth-order valence-electron chi connectivity index (χ4n) is 4.54. The molecule has 1 unspecified atom stereocenters. The van der Waals surface area contributed by atoms with Crippen LogP contribution in [0.15, 0.2) is 42.6 Å². The molecule has 1 aliphatic heterocycles. The summed E-state index contributed by atoms with van der Waals surface area (Å²) in [6.07, 6.45) is -1.79. The van der Waals surface area contributed by atoms with Crippen molar-refractivity contribution in [3.63, 3.8) is 0 Å². The van der Waals surface area contributed by atoms with E-state index in [1.165, 1.54) is 4.90 Å². The highest BCUT2D eigenvalue weighted by molar-refractivity contribution is 5.85. The van der Waals surface area contributed by atoms with Crippen molar-refractivity contribution in [1.29, 1.82) is 0 Å². The first kappa shape index (κ1) is 23.5. The number of H-pyrrole nitrogens is 1. The Morgan fingerprint density at radius 2 is 2.03 bits per heavy atom. The molecule has 2 atom stereocenters. The highest BCUT2D eigenvalue weighted by Gasteiger charge is 2.42. The van der Waals surface area contributed by atoms with Gasteiger partial charge in [0.25, 0.3) is 0 Å². The second-order valence-corrected chi connectivity index (χ2v) is 8.37. The lowest BCUT2D eigenvalue weighted by Crippen LogP contribution is -2.47. The number of nitrogens with one attached hydrogen (secondary N) is 2. The van der Waals surface area contributed by atoms with Crippen LogP contribution in [0.25, 0.3) is 10.9 Å². The van der Waals surface area contributed by atoms with E-state index in [-0.39, 0.29) is 12.7 Å². The maximum absolute atomic E-state index is 13.5. The van der Waals surface area contributed by atoms with E-state index in [1.807, 2.05) is 31.2 Å². The Kier molecular flexibility index (Phi) is 7.19. The second-order valence-electron chi connectivity index (χ2n) is 8.37. The number of nitrogens with zero attached hydrogens (tertiary/aromatic N) is 2. The van der Waals surface area contributed by atoms with E-state index in [4.69, 9.17) is 4.74 Å². The van der Waals surface area contributed by atoms with Crippen LogP contribution >= 0.6 is 0 Å². The fourth-order valence-corrected chi connectivity index (χ4v) is 4.54. The predicted molar refractivity (Wildman–Crippen MR) is 119 cm³/mol. The van der Waals surface area contributed by atoms with E-state index < -0.39 is 18.8 Å². The molecule has 0 saturated heterocycles. The molecule has 0 radical (unpaired) electrons. The van der Waals surface area contributed by atoms with Crippen molar-refractivity contribution in [2.45, 2.75) is 38.0 Å². The van der Waals surface area contributed by atoms with Gasteiger partial charge in [-0.25, -0.2) is 4.98 Å². The molecule has 2 N–H and O–H groups in total. The van der Waals surface area contributed by atoms with Gasteiger partial charge in [0.15, 0.2) is 0 Å². The Bertz CT molecular complexity index is 1070. The molecule has 0 saturated carbocycles. The zero-order valence-electron chi connectivity index (χ0n) is 18.5. The number of hydrogen-bond donors (Lipinski definition) is 2. The van der Waals surface area contributed by atoms with E-state index in [1.54, 1.807) is 18.3 Å². The molecule has 1 aliphatic rings. The lowest BCUT2D eigenvalue weighted by atomic mass is 9.89. The van der Waals surface area contributed by atoms with Crippen LogP contribution in [0.1, 0.15) is 36.2 Å². The summed E-state index contributed by atoms with van der Waals surface area (Å²) < 4.78 is 58.5. The Hall–Kier alpha value is -2.65. The number of rotatable bonds is 9. The molecule has 33 heavy (non-hydrogen) atoms. The molecule has 2 aromatic heterocycles. The Balaban J connectivity index is 1.64. The maximum Gasteiger partial charge on any atom is 0.401 e. The molecular weight excluding hydrogens is 436 g/mol. The van der Waals surface area contributed by atoms with Gasteiger partial charge >= 0.3 is 6.18 Å². The smallest absolute Gasteiger partial charge is 0.401 e. The zero-order chi connectivity index (χ0) is 23.4. The van der Waals surface area contributed by atoms with Crippen LogP contribution in [0.2, 0.25) is 0 Å².